The number of hydrogen-bond donors (Lipinski definition) is 2. The molecule has 1 aromatic rings. The predicted molar refractivity (Wildman–Crippen MR) is 75.3 cm³/mol. The fourth-order valence-electron chi connectivity index (χ4n) is 2.48. The summed E-state index contributed by atoms with van der Waals surface area (Å²) in [5.41, 5.74) is -0.0433. The fourth-order valence-corrected chi connectivity index (χ4v) is 2.74. The van der Waals surface area contributed by atoms with E-state index in [0.717, 1.165) is 5.56 Å². The highest BCUT2D eigenvalue weighted by atomic mass is 35.5. The van der Waals surface area contributed by atoms with Gasteiger partial charge in [0.1, 0.15) is 5.60 Å². The van der Waals surface area contributed by atoms with Crippen molar-refractivity contribution in [1.82, 2.24) is 4.90 Å². The summed E-state index contributed by atoms with van der Waals surface area (Å²) in [7, 11) is 1.94. The van der Waals surface area contributed by atoms with Crippen LogP contribution in [0.3, 0.4) is 0 Å². The first-order chi connectivity index (χ1) is 7.92. The smallest absolute Gasteiger partial charge is 0.100 e. The Balaban J connectivity index is 0.00000162. The van der Waals surface area contributed by atoms with E-state index in [2.05, 4.69) is 0 Å². The summed E-state index contributed by atoms with van der Waals surface area (Å²) in [5, 5.41) is 20.7. The first kappa shape index (κ1) is 15.7. The van der Waals surface area contributed by atoms with Crippen LogP contribution in [0.15, 0.2) is 24.3 Å². The Hall–Kier alpha value is -0.320. The van der Waals surface area contributed by atoms with Gasteiger partial charge < -0.3 is 10.2 Å². The van der Waals surface area contributed by atoms with Crippen LogP contribution in [0.4, 0.5) is 0 Å². The SMILES string of the molecule is CN1C[C@](C)(O)[C@@H](O)C[C@H]1c1ccccc1Cl.Cl. The van der Waals surface area contributed by atoms with E-state index >= 15 is 0 Å². The van der Waals surface area contributed by atoms with Gasteiger partial charge >= 0.3 is 0 Å². The third-order valence-electron chi connectivity index (χ3n) is 3.53. The number of benzene rings is 1. The lowest BCUT2D eigenvalue weighted by atomic mass is 9.85. The van der Waals surface area contributed by atoms with Gasteiger partial charge in [-0.15, -0.1) is 12.4 Å². The molecule has 0 bridgehead atoms. The van der Waals surface area contributed by atoms with Gasteiger partial charge in [-0.1, -0.05) is 29.8 Å². The topological polar surface area (TPSA) is 43.7 Å². The standard InChI is InChI=1S/C13H18ClNO2.ClH/c1-13(17)8-15(2)11(7-12(13)16)9-5-3-4-6-10(9)14;/h3-6,11-12,16-17H,7-8H2,1-2H3;1H/t11-,12-,13-;/m0./s1. The normalized spacial score (nSPS) is 32.9. The number of hydrogen-bond acceptors (Lipinski definition) is 3. The maximum atomic E-state index is 10.0. The van der Waals surface area contributed by atoms with Gasteiger partial charge in [0.05, 0.1) is 6.10 Å². The van der Waals surface area contributed by atoms with Crippen LogP contribution < -0.4 is 0 Å². The summed E-state index contributed by atoms with van der Waals surface area (Å²) < 4.78 is 0. The number of β-amino-alcohol motifs (C(OH)–C–C–N with tert-alkyl or cyclic N) is 1. The number of piperidine rings is 1. The van der Waals surface area contributed by atoms with Gasteiger partial charge in [0.25, 0.3) is 0 Å². The van der Waals surface area contributed by atoms with Gasteiger partial charge in [-0.2, -0.15) is 0 Å². The third-order valence-corrected chi connectivity index (χ3v) is 3.87. The average molecular weight is 292 g/mol. The molecule has 1 fully saturated rings. The molecule has 3 atom stereocenters. The Kier molecular flexibility index (Phi) is 5.04. The largest absolute Gasteiger partial charge is 0.390 e. The zero-order chi connectivity index (χ0) is 12.6. The molecular weight excluding hydrogens is 273 g/mol. The number of aliphatic hydroxyl groups excluding tert-OH is 1. The monoisotopic (exact) mass is 291 g/mol. The minimum Gasteiger partial charge on any atom is -0.390 e. The Morgan fingerprint density at radius 3 is 2.61 bits per heavy atom. The highest BCUT2D eigenvalue weighted by molar-refractivity contribution is 6.31. The molecule has 0 unspecified atom stereocenters. The van der Waals surface area contributed by atoms with Gasteiger partial charge in [-0.25, -0.2) is 0 Å². The Morgan fingerprint density at radius 2 is 2.00 bits per heavy atom. The van der Waals surface area contributed by atoms with Crippen LogP contribution in [0, 0.1) is 0 Å². The minimum absolute atomic E-state index is 0. The van der Waals surface area contributed by atoms with Crippen molar-refractivity contribution in [3.05, 3.63) is 34.9 Å². The molecule has 1 saturated heterocycles. The van der Waals surface area contributed by atoms with Crippen molar-refractivity contribution in [3.63, 3.8) is 0 Å². The maximum absolute atomic E-state index is 10.0. The van der Waals surface area contributed by atoms with E-state index in [1.165, 1.54) is 0 Å². The lowest BCUT2D eigenvalue weighted by Gasteiger charge is -2.44. The molecule has 0 aliphatic carbocycles. The third kappa shape index (κ3) is 2.98. The van der Waals surface area contributed by atoms with Crippen molar-refractivity contribution < 1.29 is 10.2 Å². The second-order valence-electron chi connectivity index (χ2n) is 5.06. The molecule has 0 amide bonds. The van der Waals surface area contributed by atoms with Crippen LogP contribution in [-0.4, -0.2) is 40.4 Å². The molecule has 1 aliphatic rings. The van der Waals surface area contributed by atoms with E-state index in [4.69, 9.17) is 11.6 Å². The van der Waals surface area contributed by atoms with Crippen molar-refractivity contribution >= 4 is 24.0 Å². The first-order valence-corrected chi connectivity index (χ1v) is 6.15. The molecule has 5 heteroatoms. The molecule has 1 heterocycles. The highest BCUT2D eigenvalue weighted by Crippen LogP contribution is 2.36. The van der Waals surface area contributed by atoms with Crippen molar-refractivity contribution in [3.8, 4) is 0 Å². The summed E-state index contributed by atoms with van der Waals surface area (Å²) >= 11 is 6.17. The molecule has 2 rings (SSSR count). The number of likely N-dealkylation sites (N-methyl/N-ethyl adjacent to an activating group) is 1. The zero-order valence-corrected chi connectivity index (χ0v) is 12.1. The van der Waals surface area contributed by atoms with E-state index in [1.54, 1.807) is 6.92 Å². The number of halogens is 2. The van der Waals surface area contributed by atoms with Crippen molar-refractivity contribution in [2.45, 2.75) is 31.1 Å². The molecule has 3 nitrogen and oxygen atoms in total. The van der Waals surface area contributed by atoms with Gasteiger partial charge in [0.15, 0.2) is 0 Å². The number of likely N-dealkylation sites (tertiary alicyclic amines) is 1. The van der Waals surface area contributed by atoms with Gasteiger partial charge in [-0.3, -0.25) is 4.90 Å². The number of nitrogens with zero attached hydrogens (tertiary/aromatic N) is 1. The highest BCUT2D eigenvalue weighted by Gasteiger charge is 2.41. The van der Waals surface area contributed by atoms with Crippen LogP contribution in [0.1, 0.15) is 24.9 Å². The molecule has 0 aromatic heterocycles. The molecule has 1 aliphatic heterocycles. The summed E-state index contributed by atoms with van der Waals surface area (Å²) in [6.07, 6.45) is -0.229. The van der Waals surface area contributed by atoms with Gasteiger partial charge in [0.2, 0.25) is 0 Å². The van der Waals surface area contributed by atoms with Crippen LogP contribution in [0.5, 0.6) is 0 Å². The molecule has 2 N–H and O–H groups in total. The van der Waals surface area contributed by atoms with Crippen molar-refractivity contribution in [2.24, 2.45) is 0 Å². The molecular formula is C13H19Cl2NO2. The fraction of sp³-hybridized carbons (Fsp3) is 0.538. The van der Waals surface area contributed by atoms with Crippen molar-refractivity contribution in [2.75, 3.05) is 13.6 Å². The summed E-state index contributed by atoms with van der Waals surface area (Å²) in [4.78, 5) is 2.04. The molecule has 102 valence electrons. The first-order valence-electron chi connectivity index (χ1n) is 5.77. The molecule has 0 saturated carbocycles. The Bertz CT molecular complexity index is 412. The summed E-state index contributed by atoms with van der Waals surface area (Å²) in [6.45, 7) is 2.10. The van der Waals surface area contributed by atoms with E-state index in [9.17, 15) is 10.2 Å². The van der Waals surface area contributed by atoms with E-state index in [0.29, 0.717) is 18.0 Å². The summed E-state index contributed by atoms with van der Waals surface area (Å²) in [5.74, 6) is 0. The van der Waals surface area contributed by atoms with Crippen molar-refractivity contribution in [1.29, 1.82) is 0 Å². The van der Waals surface area contributed by atoms with E-state index in [1.807, 2.05) is 36.2 Å². The second-order valence-corrected chi connectivity index (χ2v) is 5.47. The van der Waals surface area contributed by atoms with Crippen LogP contribution in [0.25, 0.3) is 0 Å². The van der Waals surface area contributed by atoms with Crippen LogP contribution >= 0.6 is 24.0 Å². The Labute approximate surface area is 119 Å². The minimum atomic E-state index is -1.05. The van der Waals surface area contributed by atoms with Gasteiger partial charge in [0, 0.05) is 17.6 Å². The Morgan fingerprint density at radius 1 is 1.39 bits per heavy atom. The van der Waals surface area contributed by atoms with Crippen LogP contribution in [0.2, 0.25) is 5.02 Å². The van der Waals surface area contributed by atoms with E-state index in [-0.39, 0.29) is 18.4 Å². The van der Waals surface area contributed by atoms with E-state index < -0.39 is 11.7 Å². The lowest BCUT2D eigenvalue weighted by molar-refractivity contribution is -0.121. The van der Waals surface area contributed by atoms with Gasteiger partial charge in [-0.05, 0) is 32.0 Å². The average Bonchev–Trinajstić information content (AvgIpc) is 2.24. The molecule has 18 heavy (non-hydrogen) atoms. The molecule has 0 radical (unpaired) electrons. The number of rotatable bonds is 1. The second kappa shape index (κ2) is 5.76. The van der Waals surface area contributed by atoms with Crippen LogP contribution in [-0.2, 0) is 0 Å². The number of aliphatic hydroxyl groups is 2. The maximum Gasteiger partial charge on any atom is 0.100 e. The molecule has 0 spiro atoms. The predicted octanol–water partition coefficient (Wildman–Crippen LogP) is 2.25. The summed E-state index contributed by atoms with van der Waals surface area (Å²) in [6, 6.07) is 7.70. The zero-order valence-electron chi connectivity index (χ0n) is 10.5. The molecule has 1 aromatic carbocycles. The lowest BCUT2D eigenvalue weighted by Crippen LogP contribution is -2.54. The quantitative estimate of drug-likeness (QED) is 0.834.